The molecule has 2 rings (SSSR count). The number of aromatic amines is 1. The van der Waals surface area contributed by atoms with Crippen LogP contribution in [0.25, 0.3) is 11.1 Å². The summed E-state index contributed by atoms with van der Waals surface area (Å²) in [7, 11) is 0. The second-order valence-corrected chi connectivity index (χ2v) is 3.08. The van der Waals surface area contributed by atoms with Crippen molar-refractivity contribution in [2.75, 3.05) is 0 Å². The van der Waals surface area contributed by atoms with Gasteiger partial charge in [-0.05, 0) is 6.07 Å². The number of nitrogens with one attached hydrogen (secondary N) is 1. The molecule has 0 radical (unpaired) electrons. The molecule has 0 aliphatic carbocycles. The van der Waals surface area contributed by atoms with Crippen molar-refractivity contribution in [1.82, 2.24) is 10.2 Å². The molecule has 0 bridgehead atoms. The van der Waals surface area contributed by atoms with Gasteiger partial charge in [0.15, 0.2) is 11.6 Å². The molecule has 0 saturated heterocycles. The second kappa shape index (κ2) is 3.80. The summed E-state index contributed by atoms with van der Waals surface area (Å²) in [6.45, 7) is 0. The molecule has 1 heterocycles. The Morgan fingerprint density at radius 1 is 1.00 bits per heavy atom. The fourth-order valence-corrected chi connectivity index (χ4v) is 1.27. The summed E-state index contributed by atoms with van der Waals surface area (Å²) >= 11 is 0. The van der Waals surface area contributed by atoms with Gasteiger partial charge in [0, 0.05) is 23.3 Å². The highest BCUT2D eigenvalue weighted by molar-refractivity contribution is 5.62. The number of hydrogen-bond acceptors (Lipinski definition) is 2. The Labute approximate surface area is 87.6 Å². The van der Waals surface area contributed by atoms with E-state index in [1.54, 1.807) is 0 Å². The minimum Gasteiger partial charge on any atom is -0.268 e. The number of H-pyrrole nitrogens is 1. The Morgan fingerprint density at radius 2 is 1.69 bits per heavy atom. The molecule has 2 aromatic rings. The van der Waals surface area contributed by atoms with Gasteiger partial charge in [-0.2, -0.15) is 5.10 Å². The fourth-order valence-electron chi connectivity index (χ4n) is 1.27. The first-order chi connectivity index (χ1) is 7.58. The van der Waals surface area contributed by atoms with Crippen molar-refractivity contribution in [3.63, 3.8) is 0 Å². The lowest BCUT2D eigenvalue weighted by molar-refractivity contribution is 0.496. The van der Waals surface area contributed by atoms with Gasteiger partial charge in [0.1, 0.15) is 5.82 Å². The highest BCUT2D eigenvalue weighted by atomic mass is 19.2. The van der Waals surface area contributed by atoms with E-state index in [0.717, 1.165) is 12.3 Å². The zero-order chi connectivity index (χ0) is 11.7. The first-order valence-corrected chi connectivity index (χ1v) is 4.27. The molecular formula is C10H5F3N2O. The SMILES string of the molecule is O=c1cc(-c2cc(F)c(F)cc2F)cn[nH]1. The van der Waals surface area contributed by atoms with Gasteiger partial charge in [0.25, 0.3) is 5.56 Å². The molecule has 0 spiro atoms. The van der Waals surface area contributed by atoms with Gasteiger partial charge in [-0.1, -0.05) is 0 Å². The largest absolute Gasteiger partial charge is 0.268 e. The fraction of sp³-hybridized carbons (Fsp3) is 0. The Bertz CT molecular complexity index is 595. The van der Waals surface area contributed by atoms with E-state index >= 15 is 0 Å². The molecule has 0 amide bonds. The van der Waals surface area contributed by atoms with E-state index in [4.69, 9.17) is 0 Å². The summed E-state index contributed by atoms with van der Waals surface area (Å²) in [6.07, 6.45) is 1.15. The van der Waals surface area contributed by atoms with Crippen LogP contribution in [-0.2, 0) is 0 Å². The molecule has 0 saturated carbocycles. The Hall–Kier alpha value is -2.11. The van der Waals surface area contributed by atoms with Crippen LogP contribution in [0.5, 0.6) is 0 Å². The van der Waals surface area contributed by atoms with Crippen LogP contribution in [-0.4, -0.2) is 10.2 Å². The molecule has 0 atom stereocenters. The zero-order valence-corrected chi connectivity index (χ0v) is 7.80. The van der Waals surface area contributed by atoms with Crippen LogP contribution in [0.4, 0.5) is 13.2 Å². The molecule has 16 heavy (non-hydrogen) atoms. The predicted molar refractivity (Wildman–Crippen MR) is 50.2 cm³/mol. The van der Waals surface area contributed by atoms with Crippen LogP contribution in [0.15, 0.2) is 29.2 Å². The lowest BCUT2D eigenvalue weighted by atomic mass is 10.1. The number of hydrogen-bond donors (Lipinski definition) is 1. The number of benzene rings is 1. The molecular weight excluding hydrogens is 221 g/mol. The van der Waals surface area contributed by atoms with Gasteiger partial charge >= 0.3 is 0 Å². The quantitative estimate of drug-likeness (QED) is 0.754. The smallest absolute Gasteiger partial charge is 0.264 e. The predicted octanol–water partition coefficient (Wildman–Crippen LogP) is 1.85. The number of halogens is 3. The van der Waals surface area contributed by atoms with Gasteiger partial charge < -0.3 is 0 Å². The van der Waals surface area contributed by atoms with Gasteiger partial charge in [-0.3, -0.25) is 4.79 Å². The molecule has 0 unspecified atom stereocenters. The van der Waals surface area contributed by atoms with E-state index in [-0.39, 0.29) is 11.1 Å². The highest BCUT2D eigenvalue weighted by Gasteiger charge is 2.11. The maximum Gasteiger partial charge on any atom is 0.264 e. The molecule has 3 nitrogen and oxygen atoms in total. The van der Waals surface area contributed by atoms with Crippen LogP contribution in [0.1, 0.15) is 0 Å². The first kappa shape index (κ1) is 10.4. The molecule has 1 N–H and O–H groups in total. The maximum atomic E-state index is 13.3. The van der Waals surface area contributed by atoms with E-state index in [9.17, 15) is 18.0 Å². The van der Waals surface area contributed by atoms with Crippen LogP contribution in [0.2, 0.25) is 0 Å². The molecule has 0 aliphatic heterocycles. The van der Waals surface area contributed by atoms with Crippen molar-refractivity contribution in [1.29, 1.82) is 0 Å². The van der Waals surface area contributed by atoms with Crippen molar-refractivity contribution in [3.05, 3.63) is 52.2 Å². The van der Waals surface area contributed by atoms with E-state index in [0.29, 0.717) is 12.1 Å². The highest BCUT2D eigenvalue weighted by Crippen LogP contribution is 2.23. The van der Waals surface area contributed by atoms with Gasteiger partial charge in [-0.15, -0.1) is 0 Å². The van der Waals surface area contributed by atoms with Gasteiger partial charge in [-0.25, -0.2) is 18.3 Å². The van der Waals surface area contributed by atoms with E-state index < -0.39 is 23.0 Å². The van der Waals surface area contributed by atoms with Crippen LogP contribution in [0, 0.1) is 17.5 Å². The summed E-state index contributed by atoms with van der Waals surface area (Å²) in [5.74, 6) is -3.41. The van der Waals surface area contributed by atoms with Crippen molar-refractivity contribution in [2.24, 2.45) is 0 Å². The van der Waals surface area contributed by atoms with E-state index in [1.165, 1.54) is 0 Å². The van der Waals surface area contributed by atoms with Crippen LogP contribution < -0.4 is 5.56 Å². The standard InChI is InChI=1S/C10H5F3N2O/c11-7-3-9(13)8(12)2-6(7)5-1-10(16)15-14-4-5/h1-4H,(H,15,16). The van der Waals surface area contributed by atoms with Gasteiger partial charge in [0.05, 0.1) is 6.20 Å². The van der Waals surface area contributed by atoms with E-state index in [1.807, 2.05) is 0 Å². The Morgan fingerprint density at radius 3 is 2.38 bits per heavy atom. The summed E-state index contributed by atoms with van der Waals surface area (Å²) in [5.41, 5.74) is -0.681. The summed E-state index contributed by atoms with van der Waals surface area (Å²) in [4.78, 5) is 10.9. The second-order valence-electron chi connectivity index (χ2n) is 3.08. The summed E-state index contributed by atoms with van der Waals surface area (Å²) in [5, 5.41) is 5.52. The zero-order valence-electron chi connectivity index (χ0n) is 7.80. The molecule has 1 aromatic heterocycles. The average Bonchev–Trinajstić information content (AvgIpc) is 2.23. The minimum absolute atomic E-state index is 0.0835. The monoisotopic (exact) mass is 226 g/mol. The normalized spacial score (nSPS) is 10.4. The molecule has 6 heteroatoms. The lowest BCUT2D eigenvalue weighted by Crippen LogP contribution is -2.06. The van der Waals surface area contributed by atoms with Crippen LogP contribution >= 0.6 is 0 Å². The third kappa shape index (κ3) is 1.81. The lowest BCUT2D eigenvalue weighted by Gasteiger charge is -2.02. The Kier molecular flexibility index (Phi) is 2.47. The third-order valence-corrected chi connectivity index (χ3v) is 1.99. The number of rotatable bonds is 1. The average molecular weight is 226 g/mol. The van der Waals surface area contributed by atoms with Crippen molar-refractivity contribution in [2.45, 2.75) is 0 Å². The molecule has 1 aromatic carbocycles. The van der Waals surface area contributed by atoms with Crippen molar-refractivity contribution >= 4 is 0 Å². The van der Waals surface area contributed by atoms with Crippen molar-refractivity contribution < 1.29 is 13.2 Å². The Balaban J connectivity index is 2.65. The van der Waals surface area contributed by atoms with E-state index in [2.05, 4.69) is 10.2 Å². The number of nitrogens with zero attached hydrogens (tertiary/aromatic N) is 1. The minimum atomic E-state index is -1.28. The van der Waals surface area contributed by atoms with Crippen LogP contribution in [0.3, 0.4) is 0 Å². The first-order valence-electron chi connectivity index (χ1n) is 4.27. The van der Waals surface area contributed by atoms with Gasteiger partial charge in [0.2, 0.25) is 0 Å². The molecule has 0 fully saturated rings. The summed E-state index contributed by atoms with van der Waals surface area (Å²) < 4.78 is 38.9. The topological polar surface area (TPSA) is 45.8 Å². The number of aromatic nitrogens is 2. The van der Waals surface area contributed by atoms with Crippen molar-refractivity contribution in [3.8, 4) is 11.1 Å². The third-order valence-electron chi connectivity index (χ3n) is 1.99. The molecule has 82 valence electrons. The summed E-state index contributed by atoms with van der Waals surface area (Å²) in [6, 6.07) is 2.15. The maximum absolute atomic E-state index is 13.3. The molecule has 0 aliphatic rings.